The van der Waals surface area contributed by atoms with Crippen LogP contribution >= 0.6 is 0 Å². The number of carbonyl (C=O) groups is 1. The second kappa shape index (κ2) is 9.85. The predicted molar refractivity (Wildman–Crippen MR) is 143 cm³/mol. The standard InChI is InChI=1S/C27H26F2N4O3S/c1-37(35,36)32-20-7-5-17-13-26(31-25(17)16-20)27(34)30-21-11-18(23-8-6-19(28)14-24(23)29)12-22(15-21)33-9-3-2-4-10-33/h5-8,11-16,31-32H,2-4,9-10H2,1H3,(H,30,34). The number of aromatic amines is 1. The van der Waals surface area contributed by atoms with Gasteiger partial charge in [0.15, 0.2) is 0 Å². The van der Waals surface area contributed by atoms with Gasteiger partial charge in [0.25, 0.3) is 5.91 Å². The highest BCUT2D eigenvalue weighted by Crippen LogP contribution is 2.33. The number of amides is 1. The van der Waals surface area contributed by atoms with Crippen molar-refractivity contribution in [1.82, 2.24) is 4.98 Å². The summed E-state index contributed by atoms with van der Waals surface area (Å²) in [5.74, 6) is -1.74. The highest BCUT2D eigenvalue weighted by atomic mass is 32.2. The summed E-state index contributed by atoms with van der Waals surface area (Å²) < 4.78 is 53.6. The lowest BCUT2D eigenvalue weighted by Crippen LogP contribution is -2.29. The van der Waals surface area contributed by atoms with Gasteiger partial charge < -0.3 is 15.2 Å². The summed E-state index contributed by atoms with van der Waals surface area (Å²) >= 11 is 0. The van der Waals surface area contributed by atoms with Crippen molar-refractivity contribution in [3.05, 3.63) is 78.0 Å². The molecule has 5 rings (SSSR count). The summed E-state index contributed by atoms with van der Waals surface area (Å²) in [6.45, 7) is 1.71. The number of benzene rings is 3. The summed E-state index contributed by atoms with van der Waals surface area (Å²) in [6.07, 6.45) is 4.30. The second-order valence-electron chi connectivity index (χ2n) is 9.25. The van der Waals surface area contributed by atoms with Crippen LogP contribution in [-0.4, -0.2) is 38.7 Å². The number of aromatic nitrogens is 1. The SMILES string of the molecule is CS(=O)(=O)Nc1ccc2cc(C(=O)Nc3cc(-c4ccc(F)cc4F)cc(N4CCCCC4)c3)[nH]c2c1. The third kappa shape index (κ3) is 5.75. The molecule has 1 aliphatic heterocycles. The number of sulfonamides is 1. The van der Waals surface area contributed by atoms with E-state index >= 15 is 0 Å². The molecule has 3 aromatic carbocycles. The molecule has 1 amide bonds. The quantitative estimate of drug-likeness (QED) is 0.300. The Morgan fingerprint density at radius 1 is 0.919 bits per heavy atom. The molecule has 0 spiro atoms. The van der Waals surface area contributed by atoms with E-state index in [-0.39, 0.29) is 11.3 Å². The third-order valence-corrected chi connectivity index (χ3v) is 6.92. The maximum Gasteiger partial charge on any atom is 0.272 e. The van der Waals surface area contributed by atoms with E-state index in [1.807, 2.05) is 12.1 Å². The first kappa shape index (κ1) is 24.8. The molecule has 192 valence electrons. The number of hydrogen-bond acceptors (Lipinski definition) is 4. The molecule has 1 fully saturated rings. The molecule has 3 N–H and O–H groups in total. The molecule has 2 heterocycles. The lowest BCUT2D eigenvalue weighted by Gasteiger charge is -2.29. The summed E-state index contributed by atoms with van der Waals surface area (Å²) in [4.78, 5) is 18.4. The molecule has 0 saturated carbocycles. The first-order chi connectivity index (χ1) is 17.6. The summed E-state index contributed by atoms with van der Waals surface area (Å²) in [6, 6.07) is 15.4. The minimum Gasteiger partial charge on any atom is -0.371 e. The fraction of sp³-hybridized carbons (Fsp3) is 0.222. The molecule has 0 aliphatic carbocycles. The van der Waals surface area contributed by atoms with Gasteiger partial charge in [-0.2, -0.15) is 0 Å². The Balaban J connectivity index is 1.47. The number of halogens is 2. The van der Waals surface area contributed by atoms with Crippen molar-refractivity contribution in [2.45, 2.75) is 19.3 Å². The Morgan fingerprint density at radius 3 is 2.43 bits per heavy atom. The van der Waals surface area contributed by atoms with Gasteiger partial charge in [-0.15, -0.1) is 0 Å². The minimum absolute atomic E-state index is 0.243. The van der Waals surface area contributed by atoms with Crippen LogP contribution in [0.1, 0.15) is 29.8 Å². The van der Waals surface area contributed by atoms with Crippen LogP contribution in [-0.2, 0) is 10.0 Å². The molecule has 1 saturated heterocycles. The molecule has 4 aromatic rings. The van der Waals surface area contributed by atoms with Gasteiger partial charge in [-0.05, 0) is 73.4 Å². The summed E-state index contributed by atoms with van der Waals surface area (Å²) in [5, 5.41) is 3.62. The van der Waals surface area contributed by atoms with E-state index in [2.05, 4.69) is 19.9 Å². The molecule has 37 heavy (non-hydrogen) atoms. The number of hydrogen-bond donors (Lipinski definition) is 3. The monoisotopic (exact) mass is 524 g/mol. The highest BCUT2D eigenvalue weighted by Gasteiger charge is 2.17. The fourth-order valence-electron chi connectivity index (χ4n) is 4.62. The van der Waals surface area contributed by atoms with E-state index in [9.17, 15) is 22.0 Å². The molecule has 1 aliphatic rings. The van der Waals surface area contributed by atoms with Crippen molar-refractivity contribution in [1.29, 1.82) is 0 Å². The van der Waals surface area contributed by atoms with Crippen LogP contribution in [0.4, 0.5) is 25.8 Å². The molecule has 0 atom stereocenters. The summed E-state index contributed by atoms with van der Waals surface area (Å²) in [5.41, 5.74) is 3.36. The van der Waals surface area contributed by atoms with Crippen molar-refractivity contribution in [3.8, 4) is 11.1 Å². The van der Waals surface area contributed by atoms with Gasteiger partial charge in [0.05, 0.1) is 11.9 Å². The van der Waals surface area contributed by atoms with Gasteiger partial charge in [-0.3, -0.25) is 9.52 Å². The highest BCUT2D eigenvalue weighted by molar-refractivity contribution is 7.92. The topological polar surface area (TPSA) is 94.3 Å². The Bertz CT molecular complexity index is 1590. The second-order valence-corrected chi connectivity index (χ2v) is 11.0. The Kier molecular flexibility index (Phi) is 6.59. The van der Waals surface area contributed by atoms with E-state index in [0.29, 0.717) is 22.5 Å². The van der Waals surface area contributed by atoms with Gasteiger partial charge in [-0.1, -0.05) is 6.07 Å². The van der Waals surface area contributed by atoms with Crippen LogP contribution in [0, 0.1) is 11.6 Å². The van der Waals surface area contributed by atoms with E-state index in [1.165, 1.54) is 12.1 Å². The number of nitrogens with one attached hydrogen (secondary N) is 3. The number of carbonyl (C=O) groups excluding carboxylic acids is 1. The molecule has 0 unspecified atom stereocenters. The van der Waals surface area contributed by atoms with E-state index in [4.69, 9.17) is 0 Å². The molecule has 0 bridgehead atoms. The maximum absolute atomic E-state index is 14.6. The van der Waals surface area contributed by atoms with Crippen LogP contribution in [0.25, 0.3) is 22.0 Å². The Labute approximate surface area is 213 Å². The van der Waals surface area contributed by atoms with Crippen LogP contribution < -0.4 is 14.9 Å². The normalized spacial score (nSPS) is 14.1. The zero-order chi connectivity index (χ0) is 26.2. The van der Waals surface area contributed by atoms with Crippen molar-refractivity contribution >= 4 is 43.9 Å². The number of H-pyrrole nitrogens is 1. The molecular formula is C27H26F2N4O3S. The predicted octanol–water partition coefficient (Wildman–Crippen LogP) is 5.73. The first-order valence-electron chi connectivity index (χ1n) is 11.9. The van der Waals surface area contributed by atoms with Crippen LogP contribution in [0.3, 0.4) is 0 Å². The van der Waals surface area contributed by atoms with Gasteiger partial charge in [0.1, 0.15) is 17.3 Å². The van der Waals surface area contributed by atoms with Crippen LogP contribution in [0.5, 0.6) is 0 Å². The van der Waals surface area contributed by atoms with E-state index in [0.717, 1.165) is 55.7 Å². The van der Waals surface area contributed by atoms with Crippen molar-refractivity contribution < 1.29 is 22.0 Å². The molecule has 7 nitrogen and oxygen atoms in total. The van der Waals surface area contributed by atoms with Crippen LogP contribution in [0.15, 0.2) is 60.7 Å². The molecular weight excluding hydrogens is 498 g/mol. The molecule has 0 radical (unpaired) electrons. The zero-order valence-corrected chi connectivity index (χ0v) is 21.0. The Hall–Kier alpha value is -3.92. The number of piperidine rings is 1. The fourth-order valence-corrected chi connectivity index (χ4v) is 5.18. The average Bonchev–Trinajstić information content (AvgIpc) is 3.27. The number of anilines is 3. The number of rotatable bonds is 6. The van der Waals surface area contributed by atoms with Crippen molar-refractivity contribution in [2.24, 2.45) is 0 Å². The lowest BCUT2D eigenvalue weighted by atomic mass is 10.0. The molecule has 10 heteroatoms. The summed E-state index contributed by atoms with van der Waals surface area (Å²) in [7, 11) is -3.44. The third-order valence-electron chi connectivity index (χ3n) is 6.31. The smallest absolute Gasteiger partial charge is 0.272 e. The number of nitrogens with zero attached hydrogens (tertiary/aromatic N) is 1. The zero-order valence-electron chi connectivity index (χ0n) is 20.1. The Morgan fingerprint density at radius 2 is 1.70 bits per heavy atom. The van der Waals surface area contributed by atoms with Gasteiger partial charge >= 0.3 is 0 Å². The lowest BCUT2D eigenvalue weighted by molar-refractivity contribution is 0.102. The van der Waals surface area contributed by atoms with Crippen molar-refractivity contribution in [2.75, 3.05) is 34.3 Å². The van der Waals surface area contributed by atoms with Gasteiger partial charge in [-0.25, -0.2) is 17.2 Å². The van der Waals surface area contributed by atoms with Crippen LogP contribution in [0.2, 0.25) is 0 Å². The van der Waals surface area contributed by atoms with Gasteiger partial charge in [0, 0.05) is 47.0 Å². The molecule has 1 aromatic heterocycles. The first-order valence-corrected chi connectivity index (χ1v) is 13.8. The number of fused-ring (bicyclic) bond motifs is 1. The van der Waals surface area contributed by atoms with E-state index in [1.54, 1.807) is 30.3 Å². The average molecular weight is 525 g/mol. The largest absolute Gasteiger partial charge is 0.371 e. The van der Waals surface area contributed by atoms with E-state index < -0.39 is 27.6 Å². The van der Waals surface area contributed by atoms with Crippen molar-refractivity contribution in [3.63, 3.8) is 0 Å². The maximum atomic E-state index is 14.6. The van der Waals surface area contributed by atoms with Gasteiger partial charge in [0.2, 0.25) is 10.0 Å². The minimum atomic E-state index is -3.44.